The summed E-state index contributed by atoms with van der Waals surface area (Å²) in [4.78, 5) is 16.7. The van der Waals surface area contributed by atoms with E-state index >= 15 is 0 Å². The monoisotopic (exact) mass is 515 g/mol. The molecule has 0 atom stereocenters. The number of carbonyl (C=O) groups excluding carboxylic acids is 1. The lowest BCUT2D eigenvalue weighted by molar-refractivity contribution is -0.112. The molecule has 0 aliphatic heterocycles. The number of pyridine rings is 1. The number of aromatic nitrogens is 1. The molecule has 0 unspecified atom stereocenters. The number of hydrogen-bond donors (Lipinski definition) is 2. The first-order chi connectivity index (χ1) is 15.5. The van der Waals surface area contributed by atoms with E-state index in [0.29, 0.717) is 35.2 Å². The maximum atomic E-state index is 12.5. The largest absolute Gasteiger partial charge is 0.493 e. The third-order valence-electron chi connectivity index (χ3n) is 4.34. The molecule has 0 saturated heterocycles. The van der Waals surface area contributed by atoms with Crippen LogP contribution in [0.2, 0.25) is 5.02 Å². The Morgan fingerprint density at radius 1 is 1.09 bits per heavy atom. The molecule has 0 aliphatic rings. The lowest BCUT2D eigenvalue weighted by atomic mass is 10.2. The fourth-order valence-corrected chi connectivity index (χ4v) is 3.27. The first kappa shape index (κ1) is 23.6. The zero-order valence-electron chi connectivity index (χ0n) is 17.7. The van der Waals surface area contributed by atoms with Crippen molar-refractivity contribution < 1.29 is 14.3 Å². The highest BCUT2D eigenvalue weighted by atomic mass is 79.9. The maximum absolute atomic E-state index is 12.5. The second-order valence-corrected chi connectivity index (χ2v) is 8.02. The lowest BCUT2D eigenvalue weighted by Gasteiger charge is -2.11. The van der Waals surface area contributed by atoms with Crippen molar-refractivity contribution in [2.24, 2.45) is 0 Å². The van der Waals surface area contributed by atoms with Gasteiger partial charge in [-0.15, -0.1) is 0 Å². The van der Waals surface area contributed by atoms with Crippen LogP contribution in [0.15, 0.2) is 77.0 Å². The first-order valence-corrected chi connectivity index (χ1v) is 11.1. The molecule has 3 aromatic rings. The number of anilines is 2. The Morgan fingerprint density at radius 3 is 2.62 bits per heavy atom. The molecule has 8 heteroatoms. The second-order valence-electron chi connectivity index (χ2n) is 6.76. The molecule has 1 heterocycles. The third kappa shape index (κ3) is 6.73. The van der Waals surface area contributed by atoms with Gasteiger partial charge in [-0.2, -0.15) is 0 Å². The zero-order valence-corrected chi connectivity index (χ0v) is 20.0. The molecule has 0 aliphatic carbocycles. The normalized spacial score (nSPS) is 11.1. The average molecular weight is 517 g/mol. The summed E-state index contributed by atoms with van der Waals surface area (Å²) in [6.45, 7) is 4.51. The number of rotatable bonds is 9. The number of benzene rings is 2. The Hall–Kier alpha value is -3.03. The smallest absolute Gasteiger partial charge is 0.252 e. The van der Waals surface area contributed by atoms with Gasteiger partial charge in [-0.1, -0.05) is 17.7 Å². The molecule has 0 radical (unpaired) electrons. The molecular formula is C24H23BrClN3O3. The van der Waals surface area contributed by atoms with E-state index in [1.807, 2.05) is 43.3 Å². The zero-order chi connectivity index (χ0) is 22.9. The second kappa shape index (κ2) is 11.5. The van der Waals surface area contributed by atoms with Gasteiger partial charge >= 0.3 is 0 Å². The van der Waals surface area contributed by atoms with E-state index in [-0.39, 0.29) is 5.91 Å². The van der Waals surface area contributed by atoms with Gasteiger partial charge in [-0.25, -0.2) is 0 Å². The number of nitrogens with zero attached hydrogens (tertiary/aromatic N) is 1. The standard InChI is InChI=1S/C24H23BrClN3O3/c1-3-31-23-13-17(7-9-20(23)25)28-14-16(2)24(30)29-18-8-10-22(21(26)12-18)32-15-19-6-4-5-11-27-19/h4-14,28H,3,15H2,1-2H3,(H,29,30)/b16-14+. The number of nitrogens with one attached hydrogen (secondary N) is 2. The summed E-state index contributed by atoms with van der Waals surface area (Å²) in [6.07, 6.45) is 3.35. The van der Waals surface area contributed by atoms with E-state index in [0.717, 1.165) is 21.6 Å². The molecule has 2 aromatic carbocycles. The maximum Gasteiger partial charge on any atom is 0.252 e. The van der Waals surface area contributed by atoms with Crippen LogP contribution in [-0.4, -0.2) is 17.5 Å². The first-order valence-electron chi connectivity index (χ1n) is 9.95. The molecule has 0 bridgehead atoms. The van der Waals surface area contributed by atoms with Crippen molar-refractivity contribution >= 4 is 44.8 Å². The predicted octanol–water partition coefficient (Wildman–Crippen LogP) is 6.43. The van der Waals surface area contributed by atoms with E-state index in [2.05, 4.69) is 31.5 Å². The van der Waals surface area contributed by atoms with Crippen molar-refractivity contribution in [3.63, 3.8) is 0 Å². The number of hydrogen-bond acceptors (Lipinski definition) is 5. The van der Waals surface area contributed by atoms with Crippen molar-refractivity contribution in [2.75, 3.05) is 17.2 Å². The van der Waals surface area contributed by atoms with Crippen LogP contribution in [-0.2, 0) is 11.4 Å². The van der Waals surface area contributed by atoms with Gasteiger partial charge in [0.2, 0.25) is 0 Å². The van der Waals surface area contributed by atoms with E-state index in [4.69, 9.17) is 21.1 Å². The molecule has 2 N–H and O–H groups in total. The molecule has 6 nitrogen and oxygen atoms in total. The molecule has 166 valence electrons. The number of amides is 1. The van der Waals surface area contributed by atoms with Crippen molar-refractivity contribution in [3.8, 4) is 11.5 Å². The van der Waals surface area contributed by atoms with Gasteiger partial charge in [0.25, 0.3) is 5.91 Å². The van der Waals surface area contributed by atoms with Crippen molar-refractivity contribution in [1.29, 1.82) is 0 Å². The SMILES string of the molecule is CCOc1cc(N/C=C(\C)C(=O)Nc2ccc(OCc3ccccn3)c(Cl)c2)ccc1Br. The van der Waals surface area contributed by atoms with Gasteiger partial charge in [0.05, 0.1) is 21.8 Å². The summed E-state index contributed by atoms with van der Waals surface area (Å²) in [7, 11) is 0. The minimum Gasteiger partial charge on any atom is -0.493 e. The lowest BCUT2D eigenvalue weighted by Crippen LogP contribution is -2.13. The summed E-state index contributed by atoms with van der Waals surface area (Å²) in [6, 6.07) is 16.3. The summed E-state index contributed by atoms with van der Waals surface area (Å²) in [5.41, 5.74) is 2.67. The molecule has 0 saturated carbocycles. The van der Waals surface area contributed by atoms with Crippen LogP contribution in [0.1, 0.15) is 19.5 Å². The minimum absolute atomic E-state index is 0.252. The number of carbonyl (C=O) groups is 1. The van der Waals surface area contributed by atoms with Gasteiger partial charge < -0.3 is 20.1 Å². The third-order valence-corrected chi connectivity index (χ3v) is 5.29. The van der Waals surface area contributed by atoms with E-state index in [9.17, 15) is 4.79 Å². The van der Waals surface area contributed by atoms with Gasteiger partial charge in [0.1, 0.15) is 18.1 Å². The van der Waals surface area contributed by atoms with Crippen LogP contribution in [0.25, 0.3) is 0 Å². The highest BCUT2D eigenvalue weighted by molar-refractivity contribution is 9.10. The predicted molar refractivity (Wildman–Crippen MR) is 131 cm³/mol. The van der Waals surface area contributed by atoms with Crippen LogP contribution in [0.5, 0.6) is 11.5 Å². The van der Waals surface area contributed by atoms with Crippen LogP contribution >= 0.6 is 27.5 Å². The van der Waals surface area contributed by atoms with E-state index in [1.54, 1.807) is 37.5 Å². The van der Waals surface area contributed by atoms with Crippen molar-refractivity contribution in [1.82, 2.24) is 4.98 Å². The average Bonchev–Trinajstić information content (AvgIpc) is 2.79. The van der Waals surface area contributed by atoms with Gasteiger partial charge in [0.15, 0.2) is 0 Å². The molecule has 0 spiro atoms. The molecule has 32 heavy (non-hydrogen) atoms. The highest BCUT2D eigenvalue weighted by Gasteiger charge is 2.09. The molecule has 1 aromatic heterocycles. The molecule has 3 rings (SSSR count). The Balaban J connectivity index is 1.58. The fraction of sp³-hybridized carbons (Fsp3) is 0.167. The van der Waals surface area contributed by atoms with Gasteiger partial charge in [-0.05, 0) is 72.2 Å². The fourth-order valence-electron chi connectivity index (χ4n) is 2.68. The van der Waals surface area contributed by atoms with Crippen LogP contribution in [0.3, 0.4) is 0 Å². The Kier molecular flexibility index (Phi) is 8.53. The highest BCUT2D eigenvalue weighted by Crippen LogP contribution is 2.29. The topological polar surface area (TPSA) is 72.5 Å². The van der Waals surface area contributed by atoms with Crippen LogP contribution in [0, 0.1) is 0 Å². The van der Waals surface area contributed by atoms with Crippen LogP contribution in [0.4, 0.5) is 11.4 Å². The summed E-state index contributed by atoms with van der Waals surface area (Å²) >= 11 is 9.76. The van der Waals surface area contributed by atoms with E-state index < -0.39 is 0 Å². The molecule has 1 amide bonds. The Labute approximate surface area is 200 Å². The quantitative estimate of drug-likeness (QED) is 0.321. The van der Waals surface area contributed by atoms with Crippen molar-refractivity contribution in [2.45, 2.75) is 20.5 Å². The summed E-state index contributed by atoms with van der Waals surface area (Å²) in [5.74, 6) is 0.996. The van der Waals surface area contributed by atoms with Crippen LogP contribution < -0.4 is 20.1 Å². The summed E-state index contributed by atoms with van der Waals surface area (Å²) in [5, 5.41) is 6.34. The van der Waals surface area contributed by atoms with Gasteiger partial charge in [0, 0.05) is 35.4 Å². The summed E-state index contributed by atoms with van der Waals surface area (Å²) < 4.78 is 12.1. The molecule has 0 fully saturated rings. The Morgan fingerprint density at radius 2 is 1.91 bits per heavy atom. The van der Waals surface area contributed by atoms with Gasteiger partial charge in [-0.3, -0.25) is 9.78 Å². The minimum atomic E-state index is -0.252. The Bertz CT molecular complexity index is 1110. The number of ether oxygens (including phenoxy) is 2. The van der Waals surface area contributed by atoms with Crippen molar-refractivity contribution in [3.05, 3.63) is 87.8 Å². The number of halogens is 2. The molecular weight excluding hydrogens is 494 g/mol. The van der Waals surface area contributed by atoms with E-state index in [1.165, 1.54) is 0 Å².